The number of esters is 1. The Kier molecular flexibility index (Phi) is 5.26. The molecule has 0 bridgehead atoms. The van der Waals surface area contributed by atoms with Gasteiger partial charge in [0.2, 0.25) is 5.88 Å². The molecule has 0 spiro atoms. The molecular weight excluding hydrogens is 378 g/mol. The first-order valence-electron chi connectivity index (χ1n) is 9.43. The SMILES string of the molecule is COc1ncc(-c2ccc(C(C)=O)cc2)c2c(OC(=O)c3ccccc3)cccc12. The second-order valence-electron chi connectivity index (χ2n) is 6.75. The second kappa shape index (κ2) is 8.17. The van der Waals surface area contributed by atoms with Crippen LogP contribution in [-0.4, -0.2) is 23.8 Å². The zero-order valence-electron chi connectivity index (χ0n) is 16.6. The minimum Gasteiger partial charge on any atom is -0.481 e. The standard InChI is InChI=1S/C25H19NO4/c1-16(27)17-11-13-18(14-12-17)21-15-26-24(29-2)20-9-6-10-22(23(20)21)30-25(28)19-7-4-3-5-8-19/h3-15H,1-2H3. The summed E-state index contributed by atoms with van der Waals surface area (Å²) in [6.07, 6.45) is 1.68. The number of aromatic nitrogens is 1. The molecule has 0 N–H and O–H groups in total. The maximum Gasteiger partial charge on any atom is 0.343 e. The summed E-state index contributed by atoms with van der Waals surface area (Å²) in [6, 6.07) is 21.5. The molecule has 0 aliphatic carbocycles. The third kappa shape index (κ3) is 3.65. The van der Waals surface area contributed by atoms with E-state index in [1.165, 1.54) is 6.92 Å². The third-order valence-electron chi connectivity index (χ3n) is 4.84. The van der Waals surface area contributed by atoms with Crippen LogP contribution in [0.4, 0.5) is 0 Å². The summed E-state index contributed by atoms with van der Waals surface area (Å²) in [7, 11) is 1.55. The quantitative estimate of drug-likeness (QED) is 0.259. The molecule has 0 aliphatic heterocycles. The van der Waals surface area contributed by atoms with Crippen LogP contribution in [-0.2, 0) is 0 Å². The van der Waals surface area contributed by atoms with E-state index in [2.05, 4.69) is 4.98 Å². The highest BCUT2D eigenvalue weighted by molar-refractivity contribution is 6.05. The Morgan fingerprint density at radius 2 is 1.57 bits per heavy atom. The number of carbonyl (C=O) groups is 2. The number of ether oxygens (including phenoxy) is 2. The largest absolute Gasteiger partial charge is 0.481 e. The molecule has 30 heavy (non-hydrogen) atoms. The summed E-state index contributed by atoms with van der Waals surface area (Å²) in [6.45, 7) is 1.53. The molecule has 1 heterocycles. The van der Waals surface area contributed by atoms with Gasteiger partial charge in [-0.3, -0.25) is 4.79 Å². The summed E-state index contributed by atoms with van der Waals surface area (Å²) in [5.41, 5.74) is 2.71. The molecule has 0 saturated carbocycles. The van der Waals surface area contributed by atoms with Gasteiger partial charge in [-0.05, 0) is 36.8 Å². The van der Waals surface area contributed by atoms with Gasteiger partial charge in [-0.15, -0.1) is 0 Å². The minimum absolute atomic E-state index is 0.00301. The van der Waals surface area contributed by atoms with Gasteiger partial charge < -0.3 is 9.47 Å². The van der Waals surface area contributed by atoms with Crippen LogP contribution in [0.1, 0.15) is 27.6 Å². The number of carbonyl (C=O) groups excluding carboxylic acids is 2. The van der Waals surface area contributed by atoms with E-state index in [0.29, 0.717) is 28.1 Å². The molecule has 0 radical (unpaired) electrons. The first-order chi connectivity index (χ1) is 14.6. The molecule has 0 unspecified atom stereocenters. The molecule has 3 aromatic carbocycles. The number of rotatable bonds is 5. The predicted octanol–water partition coefficient (Wildman–Crippen LogP) is 5.33. The van der Waals surface area contributed by atoms with E-state index in [1.807, 2.05) is 24.3 Å². The van der Waals surface area contributed by atoms with Crippen LogP contribution >= 0.6 is 0 Å². The lowest BCUT2D eigenvalue weighted by Crippen LogP contribution is -2.08. The van der Waals surface area contributed by atoms with Crippen molar-refractivity contribution in [3.8, 4) is 22.8 Å². The summed E-state index contributed by atoms with van der Waals surface area (Å²) < 4.78 is 11.2. The maximum atomic E-state index is 12.7. The van der Waals surface area contributed by atoms with Crippen LogP contribution in [0.2, 0.25) is 0 Å². The monoisotopic (exact) mass is 397 g/mol. The van der Waals surface area contributed by atoms with E-state index >= 15 is 0 Å². The number of ketones is 1. The van der Waals surface area contributed by atoms with Gasteiger partial charge in [0.15, 0.2) is 5.78 Å². The average molecular weight is 397 g/mol. The van der Waals surface area contributed by atoms with Crippen LogP contribution in [0.15, 0.2) is 79.0 Å². The molecule has 0 amide bonds. The number of benzene rings is 3. The van der Waals surface area contributed by atoms with Gasteiger partial charge >= 0.3 is 5.97 Å². The van der Waals surface area contributed by atoms with Crippen molar-refractivity contribution in [3.05, 3.63) is 90.1 Å². The lowest BCUT2D eigenvalue weighted by atomic mass is 9.98. The Morgan fingerprint density at radius 3 is 2.23 bits per heavy atom. The van der Waals surface area contributed by atoms with Crippen LogP contribution < -0.4 is 9.47 Å². The lowest BCUT2D eigenvalue weighted by molar-refractivity contribution is 0.0737. The average Bonchev–Trinajstić information content (AvgIpc) is 2.79. The number of methoxy groups -OCH3 is 1. The van der Waals surface area contributed by atoms with Gasteiger partial charge in [-0.2, -0.15) is 0 Å². The van der Waals surface area contributed by atoms with Crippen molar-refractivity contribution in [2.75, 3.05) is 7.11 Å². The van der Waals surface area contributed by atoms with Crippen molar-refractivity contribution in [2.45, 2.75) is 6.92 Å². The molecule has 148 valence electrons. The van der Waals surface area contributed by atoms with Gasteiger partial charge in [0.25, 0.3) is 0 Å². The summed E-state index contributed by atoms with van der Waals surface area (Å²) in [4.78, 5) is 28.7. The van der Waals surface area contributed by atoms with E-state index in [-0.39, 0.29) is 5.78 Å². The summed E-state index contributed by atoms with van der Waals surface area (Å²) in [5, 5.41) is 1.44. The summed E-state index contributed by atoms with van der Waals surface area (Å²) in [5.74, 6) is 0.396. The zero-order valence-corrected chi connectivity index (χ0v) is 16.6. The van der Waals surface area contributed by atoms with Gasteiger partial charge in [0.1, 0.15) is 5.75 Å². The Morgan fingerprint density at radius 1 is 0.833 bits per heavy atom. The minimum atomic E-state index is -0.447. The molecule has 0 atom stereocenters. The smallest absolute Gasteiger partial charge is 0.343 e. The molecule has 5 nitrogen and oxygen atoms in total. The van der Waals surface area contributed by atoms with E-state index in [9.17, 15) is 9.59 Å². The number of Topliss-reactive ketones (excluding diaryl/α,β-unsaturated/α-hetero) is 1. The Bertz CT molecular complexity index is 1230. The maximum absolute atomic E-state index is 12.7. The van der Waals surface area contributed by atoms with Crippen LogP contribution in [0.3, 0.4) is 0 Å². The molecule has 5 heteroatoms. The normalized spacial score (nSPS) is 10.6. The molecule has 0 fully saturated rings. The Balaban J connectivity index is 1.86. The molecule has 0 aliphatic rings. The highest BCUT2D eigenvalue weighted by Gasteiger charge is 2.17. The Hall–Kier alpha value is -3.99. The van der Waals surface area contributed by atoms with Crippen molar-refractivity contribution in [2.24, 2.45) is 0 Å². The fraction of sp³-hybridized carbons (Fsp3) is 0.0800. The fourth-order valence-electron chi connectivity index (χ4n) is 3.33. The van der Waals surface area contributed by atoms with Crippen molar-refractivity contribution in [1.29, 1.82) is 0 Å². The lowest BCUT2D eigenvalue weighted by Gasteiger charge is -2.14. The van der Waals surface area contributed by atoms with Crippen molar-refractivity contribution in [1.82, 2.24) is 4.98 Å². The fourth-order valence-corrected chi connectivity index (χ4v) is 3.33. The van der Waals surface area contributed by atoms with E-state index < -0.39 is 5.97 Å². The van der Waals surface area contributed by atoms with Gasteiger partial charge in [0, 0.05) is 28.1 Å². The third-order valence-corrected chi connectivity index (χ3v) is 4.84. The molecular formula is C25H19NO4. The molecule has 0 saturated heterocycles. The molecule has 4 aromatic rings. The highest BCUT2D eigenvalue weighted by atomic mass is 16.5. The number of pyridine rings is 1. The van der Waals surface area contributed by atoms with Crippen LogP contribution in [0.5, 0.6) is 11.6 Å². The zero-order chi connectivity index (χ0) is 21.1. The van der Waals surface area contributed by atoms with Gasteiger partial charge in [-0.1, -0.05) is 48.5 Å². The predicted molar refractivity (Wildman–Crippen MR) is 115 cm³/mol. The van der Waals surface area contributed by atoms with Crippen molar-refractivity contribution in [3.63, 3.8) is 0 Å². The summed E-state index contributed by atoms with van der Waals surface area (Å²) >= 11 is 0. The number of nitrogens with zero attached hydrogens (tertiary/aromatic N) is 1. The van der Waals surface area contributed by atoms with Crippen LogP contribution in [0, 0.1) is 0 Å². The molecule has 4 rings (SSSR count). The Labute approximate surface area is 173 Å². The van der Waals surface area contributed by atoms with Crippen molar-refractivity contribution >= 4 is 22.5 Å². The first kappa shape index (κ1) is 19.3. The van der Waals surface area contributed by atoms with Crippen molar-refractivity contribution < 1.29 is 19.1 Å². The van der Waals surface area contributed by atoms with Gasteiger partial charge in [-0.25, -0.2) is 9.78 Å². The second-order valence-corrected chi connectivity index (χ2v) is 6.75. The first-order valence-corrected chi connectivity index (χ1v) is 9.43. The highest BCUT2D eigenvalue weighted by Crippen LogP contribution is 2.38. The topological polar surface area (TPSA) is 65.5 Å². The van der Waals surface area contributed by atoms with E-state index in [4.69, 9.17) is 9.47 Å². The van der Waals surface area contributed by atoms with E-state index in [0.717, 1.165) is 16.5 Å². The number of hydrogen-bond acceptors (Lipinski definition) is 5. The van der Waals surface area contributed by atoms with Gasteiger partial charge in [0.05, 0.1) is 12.7 Å². The van der Waals surface area contributed by atoms with Crippen LogP contribution in [0.25, 0.3) is 21.9 Å². The number of fused-ring (bicyclic) bond motifs is 1. The number of hydrogen-bond donors (Lipinski definition) is 0. The van der Waals surface area contributed by atoms with E-state index in [1.54, 1.807) is 61.8 Å². The molecule has 1 aromatic heterocycles.